The van der Waals surface area contributed by atoms with Gasteiger partial charge in [0, 0.05) is 6.61 Å². The average Bonchev–Trinajstić information content (AvgIpc) is 3.37. The first-order valence-electron chi connectivity index (χ1n) is 30.5. The molecule has 0 aromatic heterocycles. The Bertz CT molecular complexity index is 1080. The second kappa shape index (κ2) is 50.3. The zero-order valence-electron chi connectivity index (χ0n) is 50.3. The minimum absolute atomic E-state index is 0.200. The lowest BCUT2D eigenvalue weighted by Gasteiger charge is -2.39. The van der Waals surface area contributed by atoms with Crippen molar-refractivity contribution in [2.24, 2.45) is 0 Å². The Labute approximate surface area is 449 Å². The molecule has 436 valence electrons. The van der Waals surface area contributed by atoms with Crippen molar-refractivity contribution in [1.29, 1.82) is 0 Å². The van der Waals surface area contributed by atoms with Crippen molar-refractivity contribution in [2.45, 2.75) is 270 Å². The summed E-state index contributed by atoms with van der Waals surface area (Å²) >= 11 is 0. The molecule has 2 unspecified atom stereocenters. The van der Waals surface area contributed by atoms with Crippen molar-refractivity contribution in [3.63, 3.8) is 0 Å². The van der Waals surface area contributed by atoms with Gasteiger partial charge in [0.2, 0.25) is 0 Å². The fourth-order valence-electron chi connectivity index (χ4n) is 9.46. The van der Waals surface area contributed by atoms with E-state index in [-0.39, 0.29) is 12.9 Å². The zero-order chi connectivity index (χ0) is 54.9. The van der Waals surface area contributed by atoms with Gasteiger partial charge in [-0.2, -0.15) is 0 Å². The number of hydrogen-bond donors (Lipinski definition) is 0. The molecule has 72 heavy (non-hydrogen) atoms. The number of phosphoric ester groups is 1. The highest BCUT2D eigenvalue weighted by atomic mass is 31.3. The molecule has 1 fully saturated rings. The van der Waals surface area contributed by atoms with Gasteiger partial charge in [-0.15, -0.1) is 0 Å². The molecule has 0 aliphatic carbocycles. The third-order valence-corrected chi connectivity index (χ3v) is 16.4. The van der Waals surface area contributed by atoms with Crippen LogP contribution in [0.1, 0.15) is 263 Å². The molecule has 0 spiro atoms. The number of rotatable bonds is 44. The summed E-state index contributed by atoms with van der Waals surface area (Å²) in [6.07, 6.45) is 37.3. The van der Waals surface area contributed by atoms with Crippen LogP contribution in [0.2, 0.25) is 0 Å². The monoisotopic (exact) mass is 1070 g/mol. The smallest absolute Gasteiger partial charge is 0.272 e. The minimum Gasteiger partial charge on any atom is -0.790 e. The summed E-state index contributed by atoms with van der Waals surface area (Å²) in [4.78, 5) is 31.4. The number of ether oxygens (including phenoxy) is 2. The quantitative estimate of drug-likeness (QED) is 0.0331. The van der Waals surface area contributed by atoms with Gasteiger partial charge in [-0.25, -0.2) is 0 Å². The van der Waals surface area contributed by atoms with E-state index in [1.165, 1.54) is 246 Å². The van der Waals surface area contributed by atoms with E-state index in [0.717, 1.165) is 19.3 Å². The van der Waals surface area contributed by atoms with E-state index in [9.17, 15) is 23.8 Å². The summed E-state index contributed by atoms with van der Waals surface area (Å²) in [6, 6.07) is 0. The van der Waals surface area contributed by atoms with Crippen molar-refractivity contribution in [3.8, 4) is 0 Å². The van der Waals surface area contributed by atoms with Gasteiger partial charge in [0.05, 0.1) is 99.6 Å². The Morgan fingerprint density at radius 1 is 0.472 bits per heavy atom. The zero-order valence-corrected chi connectivity index (χ0v) is 52.1. The Hall–Kier alpha value is -0.200. The van der Waals surface area contributed by atoms with E-state index in [1.54, 1.807) is 13.0 Å². The Morgan fingerprint density at radius 3 is 0.944 bits per heavy atom. The van der Waals surface area contributed by atoms with Crippen LogP contribution in [-0.2, 0) is 27.4 Å². The maximum atomic E-state index is 11.0. The fourth-order valence-corrected chi connectivity index (χ4v) is 11.0. The van der Waals surface area contributed by atoms with Crippen LogP contribution in [0.4, 0.5) is 0 Å². The van der Waals surface area contributed by atoms with E-state index in [1.807, 2.05) is 0 Å². The number of phosphoric acid groups is 2. The summed E-state index contributed by atoms with van der Waals surface area (Å²) in [6.45, 7) is 47.0. The van der Waals surface area contributed by atoms with Gasteiger partial charge in [0.25, 0.3) is 7.82 Å². The third-order valence-electron chi connectivity index (χ3n) is 14.3. The molecule has 0 aromatic carbocycles. The highest BCUT2D eigenvalue weighted by Crippen LogP contribution is 2.50. The minimum atomic E-state index is -5.65. The normalized spacial score (nSPS) is 15.4. The molecule has 0 radical (unpaired) electrons. The molecule has 1 aliphatic heterocycles. The highest BCUT2D eigenvalue weighted by molar-refractivity contribution is 7.58. The maximum absolute atomic E-state index is 11.0. The molecule has 0 saturated carbocycles. The molecule has 1 saturated heterocycles. The highest BCUT2D eigenvalue weighted by Gasteiger charge is 2.27. The van der Waals surface area contributed by atoms with Gasteiger partial charge in [-0.1, -0.05) is 166 Å². The first-order valence-corrected chi connectivity index (χ1v) is 33.5. The molecule has 0 bridgehead atoms. The second-order valence-electron chi connectivity index (χ2n) is 21.4. The third kappa shape index (κ3) is 44.9. The van der Waals surface area contributed by atoms with Crippen LogP contribution in [0.5, 0.6) is 0 Å². The molecule has 1 aliphatic rings. The summed E-state index contributed by atoms with van der Waals surface area (Å²) in [5.74, 6) is 0. The number of hydrogen-bond acceptors (Lipinski definition) is 9. The second-order valence-corrected chi connectivity index (χ2v) is 24.1. The van der Waals surface area contributed by atoms with E-state index < -0.39 is 22.3 Å². The lowest BCUT2D eigenvalue weighted by atomic mass is 10.1. The lowest BCUT2D eigenvalue weighted by molar-refractivity contribution is -0.929. The van der Waals surface area contributed by atoms with E-state index in [4.69, 9.17) is 9.47 Å². The van der Waals surface area contributed by atoms with Crippen molar-refractivity contribution in [3.05, 3.63) is 11.6 Å². The van der Waals surface area contributed by atoms with Crippen molar-refractivity contribution < 1.29 is 55.6 Å². The summed E-state index contributed by atoms with van der Waals surface area (Å²) in [7, 11) is -10.8. The van der Waals surface area contributed by atoms with Gasteiger partial charge in [0.15, 0.2) is 6.29 Å². The van der Waals surface area contributed by atoms with Crippen molar-refractivity contribution in [1.82, 2.24) is 0 Å². The van der Waals surface area contributed by atoms with E-state index >= 15 is 0 Å². The Balaban J connectivity index is -0.000000886. The van der Waals surface area contributed by atoms with Gasteiger partial charge in [-0.3, -0.25) is 8.88 Å². The molecule has 1 rings (SSSR count). The molecule has 0 N–H and O–H groups in total. The molecule has 0 amide bonds. The van der Waals surface area contributed by atoms with Crippen LogP contribution < -0.4 is 14.7 Å². The summed E-state index contributed by atoms with van der Waals surface area (Å²) in [5.41, 5.74) is 0.470. The van der Waals surface area contributed by atoms with Crippen LogP contribution in [-0.4, -0.2) is 118 Å². The van der Waals surface area contributed by atoms with Gasteiger partial charge in [0.1, 0.15) is 0 Å². The number of quaternary nitrogens is 3. The molecular weight excluding hydrogens is 945 g/mol. The van der Waals surface area contributed by atoms with Gasteiger partial charge >= 0.3 is 0 Å². The maximum Gasteiger partial charge on any atom is 0.272 e. The lowest BCUT2D eigenvalue weighted by Crippen LogP contribution is -2.50. The first kappa shape index (κ1) is 76.0. The average molecular weight is 1070 g/mol. The Morgan fingerprint density at radius 2 is 0.736 bits per heavy atom. The molecular formula is C58H125N3O9P2. The van der Waals surface area contributed by atoms with Crippen LogP contribution in [0.15, 0.2) is 11.6 Å². The SMILES string of the molecule is C/C(=C/COC1CCCCO1)COP(=O)([O-])OP(=O)([O-])[O-].CCCC[N+](CCCC)(CCCC)CCCC.CCCC[N+](CCCC)(CCCC)CCCC.CCCC[N+](CCCC)(CCCC)CCCC. The predicted molar refractivity (Wildman–Crippen MR) is 304 cm³/mol. The molecule has 14 heteroatoms. The van der Waals surface area contributed by atoms with Gasteiger partial charge in [-0.05, 0) is 109 Å². The molecule has 2 atom stereocenters. The summed E-state index contributed by atoms with van der Waals surface area (Å²) < 4.78 is 43.8. The van der Waals surface area contributed by atoms with Crippen LogP contribution >= 0.6 is 15.6 Å². The number of nitrogens with zero attached hydrogens (tertiary/aromatic N) is 3. The topological polar surface area (TPSA) is 140 Å². The predicted octanol–water partition coefficient (Wildman–Crippen LogP) is 14.8. The van der Waals surface area contributed by atoms with Gasteiger partial charge < -0.3 is 46.7 Å². The molecule has 12 nitrogen and oxygen atoms in total. The largest absolute Gasteiger partial charge is 0.790 e. The standard InChI is InChI=1S/3C16H36N.C10H20O9P2/c3*1-5-9-13-17(14-10-6-2,15-11-7-3)16-12-8-4;1-9(5-7-17-10-4-2-3-6-16-10)8-18-21(14,15)19-20(11,12)13/h3*5-16H2,1-4H3;5,10H,2-4,6-8H2,1H3,(H,14,15)(H2,11,12,13)/q3*+1;/p-3/b;;;9-5-. The van der Waals surface area contributed by atoms with E-state index in [0.29, 0.717) is 12.2 Å². The van der Waals surface area contributed by atoms with Crippen molar-refractivity contribution >= 4 is 15.6 Å². The molecule has 1 heterocycles. The fraction of sp³-hybridized carbons (Fsp3) is 0.966. The van der Waals surface area contributed by atoms with Crippen LogP contribution in [0, 0.1) is 0 Å². The van der Waals surface area contributed by atoms with Crippen molar-refractivity contribution in [2.75, 3.05) is 98.4 Å². The first-order chi connectivity index (χ1) is 34.4. The number of unbranched alkanes of at least 4 members (excludes halogenated alkanes) is 12. The Kier molecular flexibility index (Phi) is 53.1. The molecule has 0 aromatic rings. The van der Waals surface area contributed by atoms with E-state index in [2.05, 4.69) is 91.9 Å². The summed E-state index contributed by atoms with van der Waals surface area (Å²) in [5, 5.41) is 0. The van der Waals surface area contributed by atoms with Crippen LogP contribution in [0.3, 0.4) is 0 Å². The van der Waals surface area contributed by atoms with Crippen LogP contribution in [0.25, 0.3) is 0 Å².